The summed E-state index contributed by atoms with van der Waals surface area (Å²) >= 11 is 0. The Labute approximate surface area is 134 Å². The van der Waals surface area contributed by atoms with Crippen molar-refractivity contribution in [2.75, 3.05) is 6.54 Å². The van der Waals surface area contributed by atoms with Gasteiger partial charge in [-0.2, -0.15) is 8.78 Å². The fraction of sp³-hybridized carbons (Fsp3) is 0.533. The Morgan fingerprint density at radius 2 is 1.91 bits per heavy atom. The van der Waals surface area contributed by atoms with Crippen LogP contribution in [0.2, 0.25) is 0 Å². The third kappa shape index (κ3) is 4.26. The van der Waals surface area contributed by atoms with Crippen molar-refractivity contribution < 1.29 is 22.0 Å². The molecule has 0 radical (unpaired) electrons. The molecule has 5 nitrogen and oxygen atoms in total. The van der Waals surface area contributed by atoms with E-state index >= 15 is 0 Å². The highest BCUT2D eigenvalue weighted by molar-refractivity contribution is 7.91. The van der Waals surface area contributed by atoms with Crippen LogP contribution >= 0.6 is 0 Å². The summed E-state index contributed by atoms with van der Waals surface area (Å²) in [5.41, 5.74) is 6.23. The molecule has 0 saturated heterocycles. The molecule has 1 fully saturated rings. The zero-order valence-corrected chi connectivity index (χ0v) is 13.4. The van der Waals surface area contributed by atoms with E-state index in [4.69, 9.17) is 5.73 Å². The molecule has 2 rings (SSSR count). The minimum atomic E-state index is -4.60. The summed E-state index contributed by atoms with van der Waals surface area (Å²) in [5.74, 6) is -3.34. The van der Waals surface area contributed by atoms with Gasteiger partial charge in [-0.25, -0.2) is 8.42 Å². The minimum absolute atomic E-state index is 0.0722. The largest absolute Gasteiger partial charge is 0.353 e. The van der Waals surface area contributed by atoms with Crippen LogP contribution in [0.5, 0.6) is 0 Å². The number of alkyl halides is 2. The number of sulfone groups is 1. The van der Waals surface area contributed by atoms with Gasteiger partial charge in [0.2, 0.25) is 15.7 Å². The maximum Gasteiger partial charge on any atom is 0.341 e. The first-order chi connectivity index (χ1) is 10.8. The van der Waals surface area contributed by atoms with Crippen LogP contribution in [0, 0.1) is 5.92 Å². The Bertz CT molecular complexity index is 647. The molecular formula is C15H20F2N2O3S. The van der Waals surface area contributed by atoms with Gasteiger partial charge in [-0.05, 0) is 43.0 Å². The molecule has 1 aliphatic rings. The molecule has 1 aliphatic carbocycles. The average Bonchev–Trinajstić information content (AvgIpc) is 2.94. The normalized spacial score (nSPS) is 21.6. The van der Waals surface area contributed by atoms with Crippen molar-refractivity contribution in [3.63, 3.8) is 0 Å². The van der Waals surface area contributed by atoms with Crippen molar-refractivity contribution in [2.24, 2.45) is 11.7 Å². The first-order valence-corrected chi connectivity index (χ1v) is 8.99. The van der Waals surface area contributed by atoms with Gasteiger partial charge in [0.05, 0.1) is 11.3 Å². The molecule has 23 heavy (non-hydrogen) atoms. The molecule has 0 aromatic heterocycles. The highest BCUT2D eigenvalue weighted by Gasteiger charge is 2.28. The van der Waals surface area contributed by atoms with Crippen molar-refractivity contribution in [2.45, 2.75) is 42.4 Å². The number of nitrogens with two attached hydrogens (primary N) is 1. The molecule has 0 heterocycles. The lowest BCUT2D eigenvalue weighted by Gasteiger charge is -2.19. The Morgan fingerprint density at radius 1 is 1.26 bits per heavy atom. The zero-order chi connectivity index (χ0) is 17.0. The molecular weight excluding hydrogens is 326 g/mol. The van der Waals surface area contributed by atoms with Crippen LogP contribution in [0.25, 0.3) is 0 Å². The van der Waals surface area contributed by atoms with Crippen LogP contribution in [0.15, 0.2) is 29.2 Å². The molecule has 3 N–H and O–H groups in total. The lowest BCUT2D eigenvalue weighted by Crippen LogP contribution is -2.40. The summed E-state index contributed by atoms with van der Waals surface area (Å²) in [7, 11) is -4.60. The predicted molar refractivity (Wildman–Crippen MR) is 81.7 cm³/mol. The monoisotopic (exact) mass is 346 g/mol. The van der Waals surface area contributed by atoms with Crippen molar-refractivity contribution in [1.82, 2.24) is 5.32 Å². The predicted octanol–water partition coefficient (Wildman–Crippen LogP) is 1.47. The van der Waals surface area contributed by atoms with E-state index in [1.54, 1.807) is 0 Å². The average molecular weight is 346 g/mol. The van der Waals surface area contributed by atoms with E-state index in [1.165, 1.54) is 12.1 Å². The van der Waals surface area contributed by atoms with Gasteiger partial charge in [-0.15, -0.1) is 0 Å². The molecule has 1 saturated carbocycles. The zero-order valence-electron chi connectivity index (χ0n) is 12.5. The minimum Gasteiger partial charge on any atom is -0.353 e. The van der Waals surface area contributed by atoms with Crippen molar-refractivity contribution in [3.8, 4) is 0 Å². The molecule has 1 amide bonds. The number of carbonyl (C=O) groups is 1. The quantitative estimate of drug-likeness (QED) is 0.816. The van der Waals surface area contributed by atoms with Gasteiger partial charge in [0, 0.05) is 6.04 Å². The third-order valence-corrected chi connectivity index (χ3v) is 5.56. The lowest BCUT2D eigenvalue weighted by atomic mass is 10.0. The summed E-state index contributed by atoms with van der Waals surface area (Å²) < 4.78 is 47.5. The summed E-state index contributed by atoms with van der Waals surface area (Å²) in [4.78, 5) is 11.6. The van der Waals surface area contributed by atoms with Gasteiger partial charge in [-0.3, -0.25) is 4.79 Å². The van der Waals surface area contributed by atoms with Crippen LogP contribution in [-0.4, -0.2) is 32.7 Å². The molecule has 0 bridgehead atoms. The molecule has 128 valence electrons. The number of rotatable bonds is 6. The molecule has 0 aliphatic heterocycles. The Balaban J connectivity index is 1.97. The molecule has 0 spiro atoms. The van der Waals surface area contributed by atoms with E-state index < -0.39 is 20.5 Å². The van der Waals surface area contributed by atoms with Crippen molar-refractivity contribution in [3.05, 3.63) is 29.8 Å². The van der Waals surface area contributed by atoms with Crippen LogP contribution in [-0.2, 0) is 21.1 Å². The van der Waals surface area contributed by atoms with Crippen LogP contribution in [0.4, 0.5) is 8.78 Å². The van der Waals surface area contributed by atoms with E-state index in [0.29, 0.717) is 12.1 Å². The van der Waals surface area contributed by atoms with E-state index in [2.05, 4.69) is 5.32 Å². The number of halogens is 2. The Kier molecular flexibility index (Phi) is 5.69. The van der Waals surface area contributed by atoms with Crippen LogP contribution in [0.1, 0.15) is 24.8 Å². The number of hydrogen-bond donors (Lipinski definition) is 2. The number of benzene rings is 1. The number of amides is 1. The van der Waals surface area contributed by atoms with Crippen molar-refractivity contribution in [1.29, 1.82) is 0 Å². The summed E-state index contributed by atoms with van der Waals surface area (Å²) in [6.45, 7) is 0.533. The fourth-order valence-electron chi connectivity index (χ4n) is 2.85. The first-order valence-electron chi connectivity index (χ1n) is 7.45. The highest BCUT2D eigenvalue weighted by Crippen LogP contribution is 2.24. The molecule has 8 heteroatoms. The second kappa shape index (κ2) is 7.35. The second-order valence-electron chi connectivity index (χ2n) is 5.73. The van der Waals surface area contributed by atoms with E-state index in [1.807, 2.05) is 0 Å². The lowest BCUT2D eigenvalue weighted by molar-refractivity contribution is -0.121. The Hall–Kier alpha value is -1.54. The van der Waals surface area contributed by atoms with E-state index in [-0.39, 0.29) is 24.3 Å². The van der Waals surface area contributed by atoms with Gasteiger partial charge >= 0.3 is 5.76 Å². The van der Waals surface area contributed by atoms with Gasteiger partial charge in [-0.1, -0.05) is 18.6 Å². The highest BCUT2D eigenvalue weighted by atomic mass is 32.2. The second-order valence-corrected chi connectivity index (χ2v) is 7.64. The van der Waals surface area contributed by atoms with E-state index in [9.17, 15) is 22.0 Å². The summed E-state index contributed by atoms with van der Waals surface area (Å²) in [6.07, 6.45) is 3.01. The smallest absolute Gasteiger partial charge is 0.341 e. The van der Waals surface area contributed by atoms with Gasteiger partial charge in [0.25, 0.3) is 0 Å². The summed E-state index contributed by atoms with van der Waals surface area (Å²) in [6, 6.07) is 5.03. The first kappa shape index (κ1) is 17.8. The number of carbonyl (C=O) groups excluding carboxylic acids is 1. The third-order valence-electron chi connectivity index (χ3n) is 4.16. The van der Waals surface area contributed by atoms with Crippen molar-refractivity contribution >= 4 is 15.7 Å². The van der Waals surface area contributed by atoms with E-state index in [0.717, 1.165) is 31.4 Å². The molecule has 2 unspecified atom stereocenters. The topological polar surface area (TPSA) is 89.3 Å². The Morgan fingerprint density at radius 3 is 2.48 bits per heavy atom. The standard InChI is InChI=1S/C15H20F2N2O3S/c16-15(17)23(21,22)12-6-4-10(5-7-12)8-14(20)19-13-3-1-2-11(13)9-18/h4-7,11,13,15H,1-3,8-9,18H2,(H,19,20). The van der Waals surface area contributed by atoms with Crippen LogP contribution in [0.3, 0.4) is 0 Å². The van der Waals surface area contributed by atoms with Gasteiger partial charge in [0.15, 0.2) is 0 Å². The number of hydrogen-bond acceptors (Lipinski definition) is 4. The molecule has 2 atom stereocenters. The SMILES string of the molecule is NCC1CCCC1NC(=O)Cc1ccc(S(=O)(=O)C(F)F)cc1. The molecule has 1 aromatic rings. The maximum atomic E-state index is 12.4. The van der Waals surface area contributed by atoms with Gasteiger partial charge < -0.3 is 11.1 Å². The molecule has 1 aromatic carbocycles. The number of nitrogens with one attached hydrogen (secondary N) is 1. The summed E-state index contributed by atoms with van der Waals surface area (Å²) in [5, 5.41) is 2.93. The van der Waals surface area contributed by atoms with Gasteiger partial charge in [0.1, 0.15) is 0 Å². The fourth-order valence-corrected chi connectivity index (χ4v) is 3.57. The maximum absolute atomic E-state index is 12.4. The van der Waals surface area contributed by atoms with Crippen LogP contribution < -0.4 is 11.1 Å².